The number of rotatable bonds is 7. The van der Waals surface area contributed by atoms with Crippen molar-refractivity contribution in [2.75, 3.05) is 33.4 Å². The molecule has 0 unspecified atom stereocenters. The Bertz CT molecular complexity index is 347. The minimum atomic E-state index is -0.366. The summed E-state index contributed by atoms with van der Waals surface area (Å²) in [5.41, 5.74) is 0.677. The van der Waals surface area contributed by atoms with Crippen molar-refractivity contribution < 1.29 is 13.5 Å². The first-order valence-electron chi connectivity index (χ1n) is 5.63. The summed E-state index contributed by atoms with van der Waals surface area (Å²) in [7, 11) is 1.91. The van der Waals surface area contributed by atoms with Crippen LogP contribution in [0.2, 0.25) is 0 Å². The molecule has 1 aromatic rings. The van der Waals surface area contributed by atoms with Gasteiger partial charge in [-0.15, -0.1) is 0 Å². The fourth-order valence-corrected chi connectivity index (χ4v) is 1.42. The van der Waals surface area contributed by atoms with Gasteiger partial charge in [0.1, 0.15) is 12.4 Å². The smallest absolute Gasteiger partial charge is 0.216 e. The van der Waals surface area contributed by atoms with Crippen LogP contribution < -0.4 is 4.74 Å². The second-order valence-corrected chi connectivity index (χ2v) is 3.97. The zero-order valence-electron chi connectivity index (χ0n) is 10.2. The normalized spacial score (nSPS) is 10.9. The van der Waals surface area contributed by atoms with Crippen LogP contribution in [0.4, 0.5) is 8.78 Å². The van der Waals surface area contributed by atoms with E-state index in [0.717, 1.165) is 6.20 Å². The molecule has 3 nitrogen and oxygen atoms in total. The Balaban J connectivity index is 2.30. The molecular weight excluding hydrogens is 226 g/mol. The number of aromatic nitrogens is 1. The molecule has 0 saturated carbocycles. The van der Waals surface area contributed by atoms with Crippen LogP contribution in [-0.4, -0.2) is 43.3 Å². The number of likely N-dealkylation sites (N-methyl/N-ethyl adjacent to an activating group) is 1. The van der Waals surface area contributed by atoms with Crippen LogP contribution in [0.25, 0.3) is 0 Å². The molecule has 0 amide bonds. The van der Waals surface area contributed by atoms with Gasteiger partial charge in [-0.2, -0.15) is 0 Å². The number of ether oxygens (including phenoxy) is 1. The third-order valence-corrected chi connectivity index (χ3v) is 2.38. The minimum Gasteiger partial charge on any atom is -0.476 e. The Kier molecular flexibility index (Phi) is 5.83. The lowest BCUT2D eigenvalue weighted by Crippen LogP contribution is -2.25. The van der Waals surface area contributed by atoms with Crippen molar-refractivity contribution in [3.63, 3.8) is 0 Å². The second-order valence-electron chi connectivity index (χ2n) is 3.97. The van der Waals surface area contributed by atoms with Crippen LogP contribution in [0.5, 0.6) is 5.88 Å². The molecule has 0 aliphatic heterocycles. The molecule has 0 aromatic carbocycles. The largest absolute Gasteiger partial charge is 0.476 e. The number of aryl methyl sites for hydroxylation is 1. The van der Waals surface area contributed by atoms with Gasteiger partial charge < -0.3 is 9.64 Å². The van der Waals surface area contributed by atoms with E-state index in [-0.39, 0.29) is 12.5 Å². The van der Waals surface area contributed by atoms with E-state index >= 15 is 0 Å². The number of pyridine rings is 1. The molecule has 0 N–H and O–H groups in total. The summed E-state index contributed by atoms with van der Waals surface area (Å²) >= 11 is 0. The lowest BCUT2D eigenvalue weighted by molar-refractivity contribution is 0.224. The van der Waals surface area contributed by atoms with Gasteiger partial charge in [0.2, 0.25) is 5.88 Å². The summed E-state index contributed by atoms with van der Waals surface area (Å²) < 4.78 is 30.1. The maximum atomic E-state index is 12.8. The van der Waals surface area contributed by atoms with Crippen LogP contribution in [0.15, 0.2) is 12.3 Å². The van der Waals surface area contributed by atoms with Crippen molar-refractivity contribution in [2.24, 2.45) is 0 Å². The van der Waals surface area contributed by atoms with Gasteiger partial charge in [0, 0.05) is 18.7 Å². The van der Waals surface area contributed by atoms with Gasteiger partial charge in [-0.3, -0.25) is 4.39 Å². The van der Waals surface area contributed by atoms with E-state index in [4.69, 9.17) is 4.74 Å². The third-order valence-electron chi connectivity index (χ3n) is 2.38. The van der Waals surface area contributed by atoms with Crippen LogP contribution in [0.1, 0.15) is 12.0 Å². The van der Waals surface area contributed by atoms with E-state index in [1.54, 1.807) is 6.92 Å². The van der Waals surface area contributed by atoms with E-state index in [2.05, 4.69) is 4.98 Å². The predicted molar refractivity (Wildman–Crippen MR) is 62.5 cm³/mol. The van der Waals surface area contributed by atoms with E-state index in [9.17, 15) is 8.78 Å². The summed E-state index contributed by atoms with van der Waals surface area (Å²) in [6.45, 7) is 3.30. The van der Waals surface area contributed by atoms with Crippen LogP contribution >= 0.6 is 0 Å². The Hall–Kier alpha value is -1.23. The fraction of sp³-hybridized carbons (Fsp3) is 0.583. The summed E-state index contributed by atoms with van der Waals surface area (Å²) in [5.74, 6) is 0.0835. The molecule has 0 fully saturated rings. The average molecular weight is 244 g/mol. The Morgan fingerprint density at radius 1 is 1.41 bits per heavy atom. The molecule has 0 spiro atoms. The molecule has 0 radical (unpaired) electrons. The highest BCUT2D eigenvalue weighted by atomic mass is 19.1. The maximum Gasteiger partial charge on any atom is 0.216 e. The SMILES string of the molecule is Cc1cc(F)cnc1OCCN(C)CCCF. The fourth-order valence-electron chi connectivity index (χ4n) is 1.42. The molecule has 96 valence electrons. The molecule has 1 aromatic heterocycles. The average Bonchev–Trinajstić information content (AvgIpc) is 2.29. The monoisotopic (exact) mass is 244 g/mol. The number of nitrogens with zero attached hydrogens (tertiary/aromatic N) is 2. The van der Waals surface area contributed by atoms with E-state index in [0.29, 0.717) is 37.6 Å². The predicted octanol–water partition coefficient (Wildman–Crippen LogP) is 2.20. The van der Waals surface area contributed by atoms with Gasteiger partial charge in [-0.05, 0) is 26.5 Å². The lowest BCUT2D eigenvalue weighted by atomic mass is 10.3. The first kappa shape index (κ1) is 13.8. The molecular formula is C12H18F2N2O. The molecule has 0 saturated heterocycles. The van der Waals surface area contributed by atoms with E-state index in [1.165, 1.54) is 6.07 Å². The van der Waals surface area contributed by atoms with E-state index in [1.807, 2.05) is 11.9 Å². The van der Waals surface area contributed by atoms with Crippen molar-refractivity contribution in [1.29, 1.82) is 0 Å². The zero-order valence-corrected chi connectivity index (χ0v) is 10.2. The zero-order chi connectivity index (χ0) is 12.7. The molecule has 17 heavy (non-hydrogen) atoms. The highest BCUT2D eigenvalue weighted by molar-refractivity contribution is 5.24. The van der Waals surface area contributed by atoms with Crippen LogP contribution in [0.3, 0.4) is 0 Å². The Labute approximate surface area is 100 Å². The molecule has 5 heteroatoms. The standard InChI is InChI=1S/C12H18F2N2O/c1-10-8-11(14)9-15-12(10)17-7-6-16(2)5-3-4-13/h8-9H,3-7H2,1-2H3. The summed E-state index contributed by atoms with van der Waals surface area (Å²) in [6, 6.07) is 1.38. The molecule has 0 bridgehead atoms. The van der Waals surface area contributed by atoms with Gasteiger partial charge in [0.05, 0.1) is 12.9 Å². The van der Waals surface area contributed by atoms with Gasteiger partial charge in [0.25, 0.3) is 0 Å². The molecule has 1 heterocycles. The topological polar surface area (TPSA) is 25.4 Å². The maximum absolute atomic E-state index is 12.8. The van der Waals surface area contributed by atoms with Crippen molar-refractivity contribution >= 4 is 0 Å². The van der Waals surface area contributed by atoms with Gasteiger partial charge >= 0.3 is 0 Å². The summed E-state index contributed by atoms with van der Waals surface area (Å²) in [4.78, 5) is 5.85. The van der Waals surface area contributed by atoms with Gasteiger partial charge in [0.15, 0.2) is 0 Å². The number of halogens is 2. The summed E-state index contributed by atoms with van der Waals surface area (Å²) in [6.07, 6.45) is 1.67. The third kappa shape index (κ3) is 5.08. The number of hydrogen-bond acceptors (Lipinski definition) is 3. The van der Waals surface area contributed by atoms with E-state index < -0.39 is 0 Å². The van der Waals surface area contributed by atoms with Crippen molar-refractivity contribution in [1.82, 2.24) is 9.88 Å². The first-order valence-corrected chi connectivity index (χ1v) is 5.63. The molecule has 0 aliphatic rings. The Morgan fingerprint density at radius 2 is 2.18 bits per heavy atom. The first-order chi connectivity index (χ1) is 8.13. The van der Waals surface area contributed by atoms with Crippen molar-refractivity contribution in [3.8, 4) is 5.88 Å². The summed E-state index contributed by atoms with van der Waals surface area (Å²) in [5, 5.41) is 0. The second kappa shape index (κ2) is 7.17. The highest BCUT2D eigenvalue weighted by Gasteiger charge is 2.04. The van der Waals surface area contributed by atoms with Crippen molar-refractivity contribution in [2.45, 2.75) is 13.3 Å². The van der Waals surface area contributed by atoms with Gasteiger partial charge in [-0.1, -0.05) is 0 Å². The quantitative estimate of drug-likeness (QED) is 0.735. The molecule has 1 rings (SSSR count). The number of hydrogen-bond donors (Lipinski definition) is 0. The lowest BCUT2D eigenvalue weighted by Gasteiger charge is -2.16. The number of alkyl halides is 1. The molecule has 0 aliphatic carbocycles. The highest BCUT2D eigenvalue weighted by Crippen LogP contribution is 2.14. The van der Waals surface area contributed by atoms with Crippen LogP contribution in [0, 0.1) is 12.7 Å². The Morgan fingerprint density at radius 3 is 2.82 bits per heavy atom. The van der Waals surface area contributed by atoms with Crippen LogP contribution in [-0.2, 0) is 0 Å². The van der Waals surface area contributed by atoms with Crippen molar-refractivity contribution in [3.05, 3.63) is 23.6 Å². The van der Waals surface area contributed by atoms with Gasteiger partial charge in [-0.25, -0.2) is 9.37 Å². The minimum absolute atomic E-state index is 0.302. The molecule has 0 atom stereocenters.